The lowest BCUT2D eigenvalue weighted by atomic mass is 10.1. The van der Waals surface area contributed by atoms with E-state index in [4.69, 9.17) is 4.74 Å². The van der Waals surface area contributed by atoms with Gasteiger partial charge in [-0.05, 0) is 31.0 Å². The summed E-state index contributed by atoms with van der Waals surface area (Å²) in [5.74, 6) is 2.05. The van der Waals surface area contributed by atoms with Crippen LogP contribution >= 0.6 is 0 Å². The molecule has 5 heteroatoms. The van der Waals surface area contributed by atoms with Gasteiger partial charge in [-0.3, -0.25) is 0 Å². The molecule has 118 valence electrons. The van der Waals surface area contributed by atoms with E-state index >= 15 is 0 Å². The zero-order valence-corrected chi connectivity index (χ0v) is 13.4. The summed E-state index contributed by atoms with van der Waals surface area (Å²) >= 11 is 0. The Kier molecular flexibility index (Phi) is 3.41. The molecule has 4 rings (SSSR count). The van der Waals surface area contributed by atoms with Crippen LogP contribution in [0.2, 0.25) is 0 Å². The number of rotatable bonds is 4. The monoisotopic (exact) mass is 308 g/mol. The van der Waals surface area contributed by atoms with Gasteiger partial charge in [0.25, 0.3) is 0 Å². The zero-order valence-electron chi connectivity index (χ0n) is 13.4. The van der Waals surface area contributed by atoms with Gasteiger partial charge in [0.15, 0.2) is 5.65 Å². The molecule has 0 spiro atoms. The molecule has 3 heterocycles. The maximum absolute atomic E-state index is 6.05. The maximum atomic E-state index is 6.05. The average molecular weight is 308 g/mol. The van der Waals surface area contributed by atoms with E-state index in [0.717, 1.165) is 42.4 Å². The first kappa shape index (κ1) is 14.1. The van der Waals surface area contributed by atoms with Crippen LogP contribution < -0.4 is 9.64 Å². The number of hydrogen-bond donors (Lipinski definition) is 0. The van der Waals surface area contributed by atoms with Crippen LogP contribution in [0.15, 0.2) is 42.6 Å². The van der Waals surface area contributed by atoms with E-state index in [1.807, 2.05) is 22.7 Å². The summed E-state index contributed by atoms with van der Waals surface area (Å²) in [7, 11) is 0. The summed E-state index contributed by atoms with van der Waals surface area (Å²) in [6.45, 7) is 5.95. The third kappa shape index (κ3) is 2.63. The number of aryl methyl sites for hydroxylation is 2. The molecular formula is C18H20N4O. The van der Waals surface area contributed by atoms with Gasteiger partial charge in [-0.15, -0.1) is 0 Å². The number of benzene rings is 1. The summed E-state index contributed by atoms with van der Waals surface area (Å²) < 4.78 is 7.95. The third-order valence-corrected chi connectivity index (χ3v) is 4.22. The van der Waals surface area contributed by atoms with Gasteiger partial charge >= 0.3 is 0 Å². The third-order valence-electron chi connectivity index (χ3n) is 4.22. The van der Waals surface area contributed by atoms with Crippen molar-refractivity contribution in [3.05, 3.63) is 53.9 Å². The number of aromatic nitrogens is 3. The largest absolute Gasteiger partial charge is 0.487 e. The van der Waals surface area contributed by atoms with E-state index in [1.54, 1.807) is 6.20 Å². The molecule has 1 saturated heterocycles. The fraction of sp³-hybridized carbons (Fsp3) is 0.333. The predicted octanol–water partition coefficient (Wildman–Crippen LogP) is 2.87. The van der Waals surface area contributed by atoms with Crippen LogP contribution in [0.5, 0.6) is 5.75 Å². The standard InChI is InChI=1S/C18H20N4O/c1-3-14-10-18(22-17(20-14)7-8-19-22)21-11-16(12-21)23-15-6-4-5-13(2)9-15/h4-10,16H,3,11-12H2,1-2H3. The molecule has 1 aliphatic heterocycles. The van der Waals surface area contributed by atoms with Gasteiger partial charge in [-0.2, -0.15) is 9.61 Å². The Labute approximate surface area is 135 Å². The van der Waals surface area contributed by atoms with Gasteiger partial charge in [-0.25, -0.2) is 4.98 Å². The minimum atomic E-state index is 0.223. The molecule has 0 radical (unpaired) electrons. The molecule has 0 bridgehead atoms. The fourth-order valence-electron chi connectivity index (χ4n) is 2.93. The molecule has 0 aliphatic carbocycles. The molecule has 5 nitrogen and oxygen atoms in total. The highest BCUT2D eigenvalue weighted by Crippen LogP contribution is 2.25. The summed E-state index contributed by atoms with van der Waals surface area (Å²) in [6, 6.07) is 12.3. The second kappa shape index (κ2) is 5.57. The second-order valence-electron chi connectivity index (χ2n) is 6.02. The topological polar surface area (TPSA) is 42.7 Å². The van der Waals surface area contributed by atoms with E-state index in [9.17, 15) is 0 Å². The van der Waals surface area contributed by atoms with Crippen LogP contribution in [-0.4, -0.2) is 33.8 Å². The minimum absolute atomic E-state index is 0.223. The Hall–Kier alpha value is -2.56. The average Bonchev–Trinajstić information content (AvgIpc) is 2.98. The van der Waals surface area contributed by atoms with Crippen molar-refractivity contribution in [2.45, 2.75) is 26.4 Å². The molecule has 1 fully saturated rings. The Morgan fingerprint density at radius 3 is 2.87 bits per heavy atom. The lowest BCUT2D eigenvalue weighted by Gasteiger charge is -2.40. The van der Waals surface area contributed by atoms with Crippen molar-refractivity contribution in [3.8, 4) is 5.75 Å². The van der Waals surface area contributed by atoms with Crippen LogP contribution in [0.1, 0.15) is 18.2 Å². The van der Waals surface area contributed by atoms with Crippen LogP contribution in [0.4, 0.5) is 5.82 Å². The summed E-state index contributed by atoms with van der Waals surface area (Å²) in [5.41, 5.74) is 3.22. The molecule has 1 aliphatic rings. The van der Waals surface area contributed by atoms with Gasteiger partial charge in [-0.1, -0.05) is 19.1 Å². The highest BCUT2D eigenvalue weighted by atomic mass is 16.5. The smallest absolute Gasteiger partial charge is 0.157 e. The molecule has 23 heavy (non-hydrogen) atoms. The first-order valence-corrected chi connectivity index (χ1v) is 8.05. The number of fused-ring (bicyclic) bond motifs is 1. The number of anilines is 1. The number of hydrogen-bond acceptors (Lipinski definition) is 4. The zero-order chi connectivity index (χ0) is 15.8. The van der Waals surface area contributed by atoms with Crippen LogP contribution in [0.25, 0.3) is 5.65 Å². The molecule has 0 unspecified atom stereocenters. The highest BCUT2D eigenvalue weighted by molar-refractivity contribution is 5.52. The molecule has 0 atom stereocenters. The van der Waals surface area contributed by atoms with Gasteiger partial charge in [0.05, 0.1) is 19.3 Å². The van der Waals surface area contributed by atoms with Crippen molar-refractivity contribution >= 4 is 11.5 Å². The summed E-state index contributed by atoms with van der Waals surface area (Å²) in [5, 5.41) is 4.39. The number of nitrogens with zero attached hydrogens (tertiary/aromatic N) is 4. The predicted molar refractivity (Wildman–Crippen MR) is 90.2 cm³/mol. The molecular weight excluding hydrogens is 288 g/mol. The van der Waals surface area contributed by atoms with Crippen molar-refractivity contribution in [1.29, 1.82) is 0 Å². The molecule has 0 amide bonds. The number of ether oxygens (including phenoxy) is 1. The first-order chi connectivity index (χ1) is 11.2. The second-order valence-corrected chi connectivity index (χ2v) is 6.02. The van der Waals surface area contributed by atoms with Gasteiger partial charge < -0.3 is 9.64 Å². The molecule has 0 N–H and O–H groups in total. The van der Waals surface area contributed by atoms with Crippen LogP contribution in [0.3, 0.4) is 0 Å². The van der Waals surface area contributed by atoms with Crippen LogP contribution in [-0.2, 0) is 6.42 Å². The van der Waals surface area contributed by atoms with Crippen molar-refractivity contribution in [2.75, 3.05) is 18.0 Å². The SMILES string of the molecule is CCc1cc(N2CC(Oc3cccc(C)c3)C2)n2nccc2n1. The lowest BCUT2D eigenvalue weighted by molar-refractivity contribution is 0.166. The first-order valence-electron chi connectivity index (χ1n) is 8.05. The molecule has 0 saturated carbocycles. The summed E-state index contributed by atoms with van der Waals surface area (Å²) in [6.07, 6.45) is 2.94. The van der Waals surface area contributed by atoms with Gasteiger partial charge in [0.2, 0.25) is 0 Å². The van der Waals surface area contributed by atoms with Crippen molar-refractivity contribution in [3.63, 3.8) is 0 Å². The van der Waals surface area contributed by atoms with E-state index in [2.05, 4.69) is 47.0 Å². The maximum Gasteiger partial charge on any atom is 0.157 e. The minimum Gasteiger partial charge on any atom is -0.487 e. The molecule has 2 aromatic heterocycles. The Morgan fingerprint density at radius 1 is 1.22 bits per heavy atom. The normalized spacial score (nSPS) is 15.0. The van der Waals surface area contributed by atoms with Crippen molar-refractivity contribution in [1.82, 2.24) is 14.6 Å². The van der Waals surface area contributed by atoms with E-state index in [0.29, 0.717) is 0 Å². The Balaban J connectivity index is 1.50. The van der Waals surface area contributed by atoms with Gasteiger partial charge in [0, 0.05) is 17.8 Å². The quantitative estimate of drug-likeness (QED) is 0.743. The molecule has 3 aromatic rings. The van der Waals surface area contributed by atoms with E-state index in [1.165, 1.54) is 5.56 Å². The summed E-state index contributed by atoms with van der Waals surface area (Å²) in [4.78, 5) is 6.89. The Bertz CT molecular complexity index is 836. The van der Waals surface area contributed by atoms with Crippen molar-refractivity contribution < 1.29 is 4.74 Å². The lowest BCUT2D eigenvalue weighted by Crippen LogP contribution is -2.54. The van der Waals surface area contributed by atoms with E-state index < -0.39 is 0 Å². The fourth-order valence-corrected chi connectivity index (χ4v) is 2.93. The highest BCUT2D eigenvalue weighted by Gasteiger charge is 2.30. The van der Waals surface area contributed by atoms with Crippen LogP contribution in [0, 0.1) is 6.92 Å². The van der Waals surface area contributed by atoms with Crippen molar-refractivity contribution in [2.24, 2.45) is 0 Å². The van der Waals surface area contributed by atoms with E-state index in [-0.39, 0.29) is 6.10 Å². The van der Waals surface area contributed by atoms with Gasteiger partial charge in [0.1, 0.15) is 17.7 Å². The Morgan fingerprint density at radius 2 is 2.09 bits per heavy atom. The molecule has 1 aromatic carbocycles.